The molecule has 6 rings (SSSR count). The SMILES string of the molecule is COC(=O)C1(NC(=O)CCc2ccccc2)CCN(CC(C(=O)NCCc2c[nH]c3cccc(OCc4ccccc4)c23)c2ccccc2)CC1. The van der Waals surface area contributed by atoms with E-state index in [4.69, 9.17) is 9.47 Å². The number of piperidine rings is 1. The number of nitrogens with zero attached hydrogens (tertiary/aromatic N) is 1. The third-order valence-electron chi connectivity index (χ3n) is 9.79. The number of aromatic nitrogens is 1. The van der Waals surface area contributed by atoms with Crippen LogP contribution in [0.5, 0.6) is 5.75 Å². The molecule has 0 radical (unpaired) electrons. The summed E-state index contributed by atoms with van der Waals surface area (Å²) in [5.41, 5.74) is 4.07. The lowest BCUT2D eigenvalue weighted by molar-refractivity contribution is -0.153. The van der Waals surface area contributed by atoms with Gasteiger partial charge < -0.3 is 30.0 Å². The van der Waals surface area contributed by atoms with E-state index in [2.05, 4.69) is 20.5 Å². The van der Waals surface area contributed by atoms with Crippen LogP contribution in [0, 0.1) is 0 Å². The summed E-state index contributed by atoms with van der Waals surface area (Å²) in [6, 6.07) is 35.7. The van der Waals surface area contributed by atoms with E-state index in [1.54, 1.807) is 0 Å². The molecule has 0 bridgehead atoms. The number of nitrogens with one attached hydrogen (secondary N) is 3. The number of benzene rings is 4. The average molecular weight is 687 g/mol. The third kappa shape index (κ3) is 9.04. The Bertz CT molecular complexity index is 1890. The molecule has 1 unspecified atom stereocenters. The fraction of sp³-hybridized carbons (Fsp3) is 0.310. The predicted octanol–water partition coefficient (Wildman–Crippen LogP) is 5.95. The topological polar surface area (TPSA) is 113 Å². The van der Waals surface area contributed by atoms with Gasteiger partial charge in [-0.3, -0.25) is 9.59 Å². The quantitative estimate of drug-likeness (QED) is 0.118. The number of rotatable bonds is 15. The van der Waals surface area contributed by atoms with E-state index < -0.39 is 17.4 Å². The summed E-state index contributed by atoms with van der Waals surface area (Å²) in [4.78, 5) is 45.5. The second-order valence-electron chi connectivity index (χ2n) is 13.2. The molecular formula is C42H46N4O5. The lowest BCUT2D eigenvalue weighted by Gasteiger charge is -2.41. The molecule has 1 fully saturated rings. The van der Waals surface area contributed by atoms with Crippen molar-refractivity contribution >= 4 is 28.7 Å². The van der Waals surface area contributed by atoms with Gasteiger partial charge in [0.15, 0.2) is 0 Å². The predicted molar refractivity (Wildman–Crippen MR) is 198 cm³/mol. The normalized spacial score (nSPS) is 14.8. The van der Waals surface area contributed by atoms with E-state index in [-0.39, 0.29) is 18.2 Å². The highest BCUT2D eigenvalue weighted by atomic mass is 16.5. The second kappa shape index (κ2) is 17.0. The Morgan fingerprint density at radius 3 is 2.18 bits per heavy atom. The van der Waals surface area contributed by atoms with Crippen molar-refractivity contribution in [3.8, 4) is 5.75 Å². The molecule has 1 saturated heterocycles. The maximum absolute atomic E-state index is 13.9. The molecule has 9 heteroatoms. The number of amides is 2. The minimum atomic E-state index is -1.09. The Hall–Kier alpha value is -5.41. The number of aromatic amines is 1. The fourth-order valence-corrected chi connectivity index (χ4v) is 6.92. The maximum Gasteiger partial charge on any atom is 0.331 e. The first-order valence-electron chi connectivity index (χ1n) is 17.7. The summed E-state index contributed by atoms with van der Waals surface area (Å²) in [6.07, 6.45) is 4.29. The number of hydrogen-bond acceptors (Lipinski definition) is 6. The summed E-state index contributed by atoms with van der Waals surface area (Å²) in [6.45, 7) is 2.48. The molecule has 4 aromatic carbocycles. The Labute approximate surface area is 299 Å². The van der Waals surface area contributed by atoms with E-state index in [1.165, 1.54) is 7.11 Å². The van der Waals surface area contributed by atoms with Crippen molar-refractivity contribution in [1.29, 1.82) is 0 Å². The molecular weight excluding hydrogens is 640 g/mol. The van der Waals surface area contributed by atoms with Crippen LogP contribution in [0.2, 0.25) is 0 Å². The lowest BCUT2D eigenvalue weighted by atomic mass is 9.86. The summed E-state index contributed by atoms with van der Waals surface area (Å²) in [7, 11) is 1.36. The lowest BCUT2D eigenvalue weighted by Crippen LogP contribution is -2.60. The first kappa shape index (κ1) is 35.4. The average Bonchev–Trinajstić information content (AvgIpc) is 3.60. The molecule has 3 N–H and O–H groups in total. The molecule has 1 atom stereocenters. The molecule has 0 spiro atoms. The Balaban J connectivity index is 1.07. The van der Waals surface area contributed by atoms with Crippen molar-refractivity contribution in [2.75, 3.05) is 33.3 Å². The number of carbonyl (C=O) groups excluding carboxylic acids is 3. The minimum absolute atomic E-state index is 0.0550. The van der Waals surface area contributed by atoms with Gasteiger partial charge in [-0.05, 0) is 60.1 Å². The molecule has 9 nitrogen and oxygen atoms in total. The van der Waals surface area contributed by atoms with Gasteiger partial charge in [0.2, 0.25) is 11.8 Å². The Morgan fingerprint density at radius 2 is 1.49 bits per heavy atom. The number of ether oxygens (including phenoxy) is 2. The van der Waals surface area contributed by atoms with E-state index in [0.29, 0.717) is 58.5 Å². The molecule has 2 heterocycles. The number of carbonyl (C=O) groups is 3. The van der Waals surface area contributed by atoms with Crippen molar-refractivity contribution in [3.05, 3.63) is 138 Å². The van der Waals surface area contributed by atoms with Gasteiger partial charge in [-0.1, -0.05) is 97.1 Å². The van der Waals surface area contributed by atoms with Crippen molar-refractivity contribution in [1.82, 2.24) is 20.5 Å². The van der Waals surface area contributed by atoms with Crippen LogP contribution in [0.25, 0.3) is 10.9 Å². The van der Waals surface area contributed by atoms with E-state index in [9.17, 15) is 14.4 Å². The zero-order chi connectivity index (χ0) is 35.5. The number of hydrogen-bond donors (Lipinski definition) is 3. The summed E-state index contributed by atoms with van der Waals surface area (Å²) in [5.74, 6) is -0.268. The Morgan fingerprint density at radius 1 is 0.824 bits per heavy atom. The fourth-order valence-electron chi connectivity index (χ4n) is 6.92. The van der Waals surface area contributed by atoms with Gasteiger partial charge in [0.05, 0.1) is 13.0 Å². The van der Waals surface area contributed by atoms with Gasteiger partial charge in [-0.2, -0.15) is 0 Å². The van der Waals surface area contributed by atoms with Crippen LogP contribution in [0.1, 0.15) is 47.4 Å². The molecule has 0 aliphatic carbocycles. The largest absolute Gasteiger partial charge is 0.488 e. The molecule has 51 heavy (non-hydrogen) atoms. The van der Waals surface area contributed by atoms with E-state index in [0.717, 1.165) is 38.9 Å². The zero-order valence-electron chi connectivity index (χ0n) is 29.1. The van der Waals surface area contributed by atoms with E-state index >= 15 is 0 Å². The van der Waals surface area contributed by atoms with Gasteiger partial charge in [-0.25, -0.2) is 4.79 Å². The number of methoxy groups -OCH3 is 1. The van der Waals surface area contributed by atoms with Crippen molar-refractivity contribution in [3.63, 3.8) is 0 Å². The minimum Gasteiger partial charge on any atom is -0.488 e. The monoisotopic (exact) mass is 686 g/mol. The highest BCUT2D eigenvalue weighted by Crippen LogP contribution is 2.30. The third-order valence-corrected chi connectivity index (χ3v) is 9.79. The number of esters is 1. The highest BCUT2D eigenvalue weighted by Gasteiger charge is 2.44. The van der Waals surface area contributed by atoms with Crippen LogP contribution in [0.15, 0.2) is 115 Å². The first-order chi connectivity index (χ1) is 24.9. The zero-order valence-corrected chi connectivity index (χ0v) is 29.1. The van der Waals surface area contributed by atoms with Gasteiger partial charge in [0.25, 0.3) is 0 Å². The number of aryl methyl sites for hydroxylation is 1. The van der Waals surface area contributed by atoms with E-state index in [1.807, 2.05) is 115 Å². The molecule has 1 aliphatic heterocycles. The summed E-state index contributed by atoms with van der Waals surface area (Å²) < 4.78 is 11.4. The first-order valence-corrected chi connectivity index (χ1v) is 17.7. The van der Waals surface area contributed by atoms with Crippen LogP contribution in [0.3, 0.4) is 0 Å². The van der Waals surface area contributed by atoms with Crippen LogP contribution >= 0.6 is 0 Å². The Kier molecular flexibility index (Phi) is 11.8. The number of likely N-dealkylation sites (tertiary alicyclic amines) is 1. The van der Waals surface area contributed by atoms with Gasteiger partial charge in [0.1, 0.15) is 17.9 Å². The molecule has 0 saturated carbocycles. The van der Waals surface area contributed by atoms with Crippen LogP contribution in [-0.2, 0) is 38.6 Å². The smallest absolute Gasteiger partial charge is 0.331 e. The molecule has 1 aromatic heterocycles. The van der Waals surface area contributed by atoms with Crippen molar-refractivity contribution in [2.24, 2.45) is 0 Å². The number of H-pyrrole nitrogens is 1. The van der Waals surface area contributed by atoms with Crippen LogP contribution < -0.4 is 15.4 Å². The van der Waals surface area contributed by atoms with Gasteiger partial charge >= 0.3 is 5.97 Å². The van der Waals surface area contributed by atoms with Crippen LogP contribution in [0.4, 0.5) is 0 Å². The maximum atomic E-state index is 13.9. The standard InChI is InChI=1S/C42H46N4O5/c1-50-41(49)42(45-38(47)21-20-31-12-5-2-6-13-31)23-26-46(27-24-42)29-35(33-16-9-4-10-17-33)40(48)43-25-22-34-28-44-36-18-11-19-37(39(34)36)51-30-32-14-7-3-8-15-32/h2-19,28,35,44H,20-27,29-30H2,1H3,(H,43,48)(H,45,47). The second-order valence-corrected chi connectivity index (χ2v) is 13.2. The van der Waals surface area contributed by atoms with Crippen LogP contribution in [-0.4, -0.2) is 66.5 Å². The molecule has 1 aliphatic rings. The number of fused-ring (bicyclic) bond motifs is 1. The van der Waals surface area contributed by atoms with Crippen molar-refractivity contribution < 1.29 is 23.9 Å². The molecule has 264 valence electrons. The van der Waals surface area contributed by atoms with Gasteiger partial charge in [-0.15, -0.1) is 0 Å². The van der Waals surface area contributed by atoms with Crippen molar-refractivity contribution in [2.45, 2.75) is 50.2 Å². The molecule has 5 aromatic rings. The van der Waals surface area contributed by atoms with Gasteiger partial charge in [0, 0.05) is 49.7 Å². The highest BCUT2D eigenvalue weighted by molar-refractivity contribution is 5.90. The molecule has 2 amide bonds. The summed E-state index contributed by atoms with van der Waals surface area (Å²) in [5, 5.41) is 7.25. The summed E-state index contributed by atoms with van der Waals surface area (Å²) >= 11 is 0.